The largest absolute Gasteiger partial charge is 0.586 e. The van der Waals surface area contributed by atoms with Gasteiger partial charge in [-0.1, -0.05) is 0 Å². The number of ether oxygens (including phenoxy) is 2. The number of rotatable bonds is 4. The van der Waals surface area contributed by atoms with Crippen molar-refractivity contribution in [1.29, 1.82) is 0 Å². The molecule has 0 amide bonds. The van der Waals surface area contributed by atoms with Crippen LogP contribution in [0.5, 0.6) is 11.5 Å². The summed E-state index contributed by atoms with van der Waals surface area (Å²) in [6.45, 7) is -0.470. The number of carboxylic acids is 1. The van der Waals surface area contributed by atoms with Crippen molar-refractivity contribution in [2.45, 2.75) is 12.8 Å². The van der Waals surface area contributed by atoms with Gasteiger partial charge in [-0.25, -0.2) is 13.6 Å². The van der Waals surface area contributed by atoms with E-state index in [0.717, 1.165) is 28.8 Å². The molecule has 2 aromatic heterocycles. The Kier molecular flexibility index (Phi) is 4.45. The van der Waals surface area contributed by atoms with Crippen molar-refractivity contribution >= 4 is 16.9 Å². The van der Waals surface area contributed by atoms with Crippen molar-refractivity contribution in [3.05, 3.63) is 81.9 Å². The molecule has 0 unspecified atom stereocenters. The van der Waals surface area contributed by atoms with Crippen LogP contribution in [0.3, 0.4) is 0 Å². The Balaban J connectivity index is 1.90. The van der Waals surface area contributed by atoms with E-state index in [0.29, 0.717) is 0 Å². The topological polar surface area (TPSA) is 93.6 Å². The number of benzene rings is 2. The average Bonchev–Trinajstić information content (AvgIpc) is 3.24. The SMILES string of the molecule is O=C(O)c1c(-c2ccc[nH]c2=O)c2c3c(ccc2n1Cc1cc(F)ccc1F)OC(F)(F)O3. The fourth-order valence-electron chi connectivity index (χ4n) is 3.94. The number of carboxylic acid groups (broad SMARTS) is 1. The van der Waals surface area contributed by atoms with Crippen LogP contribution in [0.15, 0.2) is 53.5 Å². The summed E-state index contributed by atoms with van der Waals surface area (Å²) in [6.07, 6.45) is -2.71. The number of hydrogen-bond acceptors (Lipinski definition) is 4. The van der Waals surface area contributed by atoms with Crippen LogP contribution < -0.4 is 15.0 Å². The van der Waals surface area contributed by atoms with Gasteiger partial charge in [-0.3, -0.25) is 4.79 Å². The monoisotopic (exact) mass is 460 g/mol. The second kappa shape index (κ2) is 7.12. The van der Waals surface area contributed by atoms with Gasteiger partial charge < -0.3 is 24.1 Å². The van der Waals surface area contributed by atoms with Gasteiger partial charge in [0.2, 0.25) is 0 Å². The zero-order chi connectivity index (χ0) is 23.5. The first-order valence-corrected chi connectivity index (χ1v) is 9.46. The molecular formula is C22H12F4N2O5. The Labute approximate surface area is 181 Å². The fraction of sp³-hybridized carbons (Fsp3) is 0.0909. The van der Waals surface area contributed by atoms with E-state index >= 15 is 0 Å². The van der Waals surface area contributed by atoms with E-state index in [1.165, 1.54) is 24.4 Å². The summed E-state index contributed by atoms with van der Waals surface area (Å²) in [5.74, 6) is -3.93. The lowest BCUT2D eigenvalue weighted by Gasteiger charge is -2.10. The highest BCUT2D eigenvalue weighted by atomic mass is 19.3. The Hall–Kier alpha value is -4.28. The maximum absolute atomic E-state index is 14.4. The number of nitrogens with one attached hydrogen (secondary N) is 1. The highest BCUT2D eigenvalue weighted by molar-refractivity contribution is 6.11. The Morgan fingerprint density at radius 2 is 1.91 bits per heavy atom. The van der Waals surface area contributed by atoms with Gasteiger partial charge in [-0.2, -0.15) is 0 Å². The van der Waals surface area contributed by atoms with Crippen LogP contribution in [0.1, 0.15) is 16.1 Å². The van der Waals surface area contributed by atoms with Crippen molar-refractivity contribution in [2.24, 2.45) is 0 Å². The number of nitrogens with zero attached hydrogens (tertiary/aromatic N) is 1. The van der Waals surface area contributed by atoms with Crippen LogP contribution in [-0.2, 0) is 6.54 Å². The first-order chi connectivity index (χ1) is 15.7. The molecule has 1 aliphatic rings. The molecular weight excluding hydrogens is 448 g/mol. The van der Waals surface area contributed by atoms with Gasteiger partial charge in [0, 0.05) is 17.3 Å². The Bertz CT molecular complexity index is 1510. The van der Waals surface area contributed by atoms with Crippen LogP contribution in [0.25, 0.3) is 22.0 Å². The predicted molar refractivity (Wildman–Crippen MR) is 107 cm³/mol. The van der Waals surface area contributed by atoms with Gasteiger partial charge in [0.1, 0.15) is 17.3 Å². The van der Waals surface area contributed by atoms with Crippen molar-refractivity contribution in [2.75, 3.05) is 0 Å². The van der Waals surface area contributed by atoms with E-state index in [4.69, 9.17) is 0 Å². The quantitative estimate of drug-likeness (QED) is 0.442. The first-order valence-electron chi connectivity index (χ1n) is 9.46. The molecule has 0 bridgehead atoms. The lowest BCUT2D eigenvalue weighted by atomic mass is 10.0. The van der Waals surface area contributed by atoms with Gasteiger partial charge >= 0.3 is 12.3 Å². The van der Waals surface area contributed by atoms with Gasteiger partial charge in [-0.15, -0.1) is 8.78 Å². The number of aromatic carboxylic acids is 1. The van der Waals surface area contributed by atoms with Gasteiger partial charge in [0.15, 0.2) is 11.5 Å². The molecule has 0 radical (unpaired) electrons. The van der Waals surface area contributed by atoms with Crippen LogP contribution in [0.2, 0.25) is 0 Å². The summed E-state index contributed by atoms with van der Waals surface area (Å²) < 4.78 is 66.1. The molecule has 0 spiro atoms. The van der Waals surface area contributed by atoms with Crippen molar-refractivity contribution in [1.82, 2.24) is 9.55 Å². The molecule has 0 aliphatic carbocycles. The van der Waals surface area contributed by atoms with E-state index in [-0.39, 0.29) is 33.3 Å². The number of aromatic nitrogens is 2. The number of carbonyl (C=O) groups is 1. The second-order valence-electron chi connectivity index (χ2n) is 7.22. The predicted octanol–water partition coefficient (Wildman–Crippen LogP) is 4.34. The summed E-state index contributed by atoms with van der Waals surface area (Å²) in [5.41, 5.74) is -1.72. The third kappa shape index (κ3) is 3.28. The molecule has 0 fully saturated rings. The smallest absolute Gasteiger partial charge is 0.477 e. The number of aromatic amines is 1. The molecule has 2 N–H and O–H groups in total. The van der Waals surface area contributed by atoms with Gasteiger partial charge in [0.05, 0.1) is 23.0 Å². The highest BCUT2D eigenvalue weighted by Gasteiger charge is 2.45. The minimum atomic E-state index is -4.02. The second-order valence-corrected chi connectivity index (χ2v) is 7.22. The number of alkyl halides is 2. The van der Waals surface area contributed by atoms with Crippen molar-refractivity contribution in [3.8, 4) is 22.6 Å². The minimum Gasteiger partial charge on any atom is -0.477 e. The molecule has 5 rings (SSSR count). The molecule has 33 heavy (non-hydrogen) atoms. The van der Waals surface area contributed by atoms with Crippen molar-refractivity contribution in [3.63, 3.8) is 0 Å². The summed E-state index contributed by atoms with van der Waals surface area (Å²) in [5, 5.41) is 9.89. The third-order valence-electron chi connectivity index (χ3n) is 5.22. The molecule has 0 saturated carbocycles. The van der Waals surface area contributed by atoms with E-state index < -0.39 is 47.4 Å². The van der Waals surface area contributed by atoms with E-state index in [1.807, 2.05) is 0 Å². The van der Waals surface area contributed by atoms with E-state index in [9.17, 15) is 32.3 Å². The maximum atomic E-state index is 14.4. The van der Waals surface area contributed by atoms with Gasteiger partial charge in [-0.05, 0) is 42.5 Å². The lowest BCUT2D eigenvalue weighted by Crippen LogP contribution is -2.26. The number of H-pyrrole nitrogens is 1. The molecule has 11 heteroatoms. The van der Waals surface area contributed by atoms with Crippen LogP contribution in [-0.4, -0.2) is 26.9 Å². The molecule has 3 heterocycles. The van der Waals surface area contributed by atoms with E-state index in [2.05, 4.69) is 14.5 Å². The summed E-state index contributed by atoms with van der Waals surface area (Å²) in [4.78, 5) is 27.3. The zero-order valence-corrected chi connectivity index (χ0v) is 16.4. The zero-order valence-electron chi connectivity index (χ0n) is 16.4. The molecule has 4 aromatic rings. The maximum Gasteiger partial charge on any atom is 0.586 e. The number of halogens is 4. The Morgan fingerprint density at radius 1 is 1.12 bits per heavy atom. The van der Waals surface area contributed by atoms with Gasteiger partial charge in [0.25, 0.3) is 5.56 Å². The number of pyridine rings is 1. The molecule has 7 nitrogen and oxygen atoms in total. The molecule has 1 aliphatic heterocycles. The number of hydrogen-bond donors (Lipinski definition) is 2. The number of fused-ring (bicyclic) bond motifs is 3. The van der Waals surface area contributed by atoms with Crippen LogP contribution >= 0.6 is 0 Å². The lowest BCUT2D eigenvalue weighted by molar-refractivity contribution is -0.286. The highest BCUT2D eigenvalue weighted by Crippen LogP contribution is 2.50. The molecule has 168 valence electrons. The minimum absolute atomic E-state index is 0.0364. The first kappa shape index (κ1) is 20.6. The Morgan fingerprint density at radius 3 is 2.64 bits per heavy atom. The molecule has 2 aromatic carbocycles. The average molecular weight is 460 g/mol. The third-order valence-corrected chi connectivity index (χ3v) is 5.22. The van der Waals surface area contributed by atoms with Crippen molar-refractivity contribution < 1.29 is 36.9 Å². The summed E-state index contributed by atoms with van der Waals surface area (Å²) >= 11 is 0. The van der Waals surface area contributed by atoms with E-state index in [1.54, 1.807) is 0 Å². The summed E-state index contributed by atoms with van der Waals surface area (Å²) in [7, 11) is 0. The molecule has 0 atom stereocenters. The standard InChI is InChI=1S/C22H12F4N2O5/c23-11-3-4-13(24)10(8-11)9-28-14-5-6-15-19(33-22(25,26)32-15)17(14)16(18(28)21(30)31)12-2-1-7-27-20(12)29/h1-8H,9H2,(H,27,29)(H,30,31). The summed E-state index contributed by atoms with van der Waals surface area (Å²) in [6, 6.07) is 7.83. The molecule has 0 saturated heterocycles. The van der Waals surface area contributed by atoms with Crippen LogP contribution in [0, 0.1) is 11.6 Å². The fourth-order valence-corrected chi connectivity index (χ4v) is 3.94. The normalized spacial score (nSPS) is 14.1. The van der Waals surface area contributed by atoms with Crippen LogP contribution in [0.4, 0.5) is 17.6 Å².